The molecule has 1 aromatic carbocycles. The zero-order chi connectivity index (χ0) is 21.1. The number of hydrogen-bond acceptors (Lipinski definition) is 6. The first kappa shape index (κ1) is 19.7. The van der Waals surface area contributed by atoms with Crippen LogP contribution < -0.4 is 11.1 Å². The molecular formula is C22H20N6O. The Morgan fingerprint density at radius 1 is 1.17 bits per heavy atom. The molecule has 0 aliphatic carbocycles. The number of aromatic nitrogens is 2. The molecule has 2 aromatic heterocycles. The van der Waals surface area contributed by atoms with E-state index in [0.29, 0.717) is 33.8 Å². The summed E-state index contributed by atoms with van der Waals surface area (Å²) in [6, 6.07) is 12.4. The maximum Gasteiger partial charge on any atom is 0.274 e. The van der Waals surface area contributed by atoms with Crippen LogP contribution in [-0.4, -0.2) is 21.6 Å². The molecule has 0 radical (unpaired) electrons. The molecule has 0 fully saturated rings. The van der Waals surface area contributed by atoms with E-state index in [4.69, 9.17) is 16.4 Å². The standard InChI is InChI=1S/C22H20N6O/c1-12-5-4-6-19(27-12)20(25)17-9-16(7-8-18(17)24)28-22(29)21-14(3)13(2)15(10-23)11-26-21/h4-9,11,25H,24H2,1-3H3,(H,28,29). The van der Waals surface area contributed by atoms with Gasteiger partial charge in [0, 0.05) is 28.8 Å². The number of carbonyl (C=O) groups excluding carboxylic acids is 1. The van der Waals surface area contributed by atoms with Gasteiger partial charge in [-0.25, -0.2) is 4.98 Å². The zero-order valence-corrected chi connectivity index (χ0v) is 16.4. The molecule has 3 aromatic rings. The van der Waals surface area contributed by atoms with Gasteiger partial charge < -0.3 is 11.1 Å². The number of aryl methyl sites for hydroxylation is 1. The highest BCUT2D eigenvalue weighted by molar-refractivity contribution is 6.14. The molecule has 0 atom stereocenters. The smallest absolute Gasteiger partial charge is 0.274 e. The van der Waals surface area contributed by atoms with Crippen molar-refractivity contribution in [2.45, 2.75) is 20.8 Å². The van der Waals surface area contributed by atoms with Crippen molar-refractivity contribution in [3.63, 3.8) is 0 Å². The van der Waals surface area contributed by atoms with E-state index in [1.807, 2.05) is 19.1 Å². The quantitative estimate of drug-likeness (QED) is 0.468. The number of benzene rings is 1. The first-order chi connectivity index (χ1) is 13.8. The molecule has 0 saturated heterocycles. The number of nitrogens with one attached hydrogen (secondary N) is 2. The second-order valence-electron chi connectivity index (χ2n) is 6.68. The van der Waals surface area contributed by atoms with E-state index >= 15 is 0 Å². The Balaban J connectivity index is 1.91. The normalized spacial score (nSPS) is 10.3. The first-order valence-electron chi connectivity index (χ1n) is 8.92. The van der Waals surface area contributed by atoms with Crippen LogP contribution in [0.5, 0.6) is 0 Å². The summed E-state index contributed by atoms with van der Waals surface area (Å²) >= 11 is 0. The number of nitrogens with two attached hydrogens (primary N) is 1. The van der Waals surface area contributed by atoms with Gasteiger partial charge in [-0.3, -0.25) is 15.2 Å². The van der Waals surface area contributed by atoms with Gasteiger partial charge >= 0.3 is 0 Å². The Labute approximate surface area is 168 Å². The number of amides is 1. The molecular weight excluding hydrogens is 364 g/mol. The summed E-state index contributed by atoms with van der Waals surface area (Å²) < 4.78 is 0. The summed E-state index contributed by atoms with van der Waals surface area (Å²) in [5, 5.41) is 20.4. The Bertz CT molecular complexity index is 1180. The van der Waals surface area contributed by atoms with Crippen LogP contribution in [0.2, 0.25) is 0 Å². The van der Waals surface area contributed by atoms with Crippen molar-refractivity contribution in [2.24, 2.45) is 0 Å². The second-order valence-corrected chi connectivity index (χ2v) is 6.68. The third-order valence-corrected chi connectivity index (χ3v) is 4.70. The minimum Gasteiger partial charge on any atom is -0.398 e. The van der Waals surface area contributed by atoms with Gasteiger partial charge in [0.05, 0.1) is 17.0 Å². The molecule has 29 heavy (non-hydrogen) atoms. The van der Waals surface area contributed by atoms with E-state index < -0.39 is 5.91 Å². The number of nitrogens with zero attached hydrogens (tertiary/aromatic N) is 3. The fraction of sp³-hybridized carbons (Fsp3) is 0.136. The van der Waals surface area contributed by atoms with Gasteiger partial charge in [0.2, 0.25) is 0 Å². The van der Waals surface area contributed by atoms with E-state index in [0.717, 1.165) is 11.3 Å². The molecule has 2 heterocycles. The van der Waals surface area contributed by atoms with Crippen LogP contribution in [0.25, 0.3) is 0 Å². The summed E-state index contributed by atoms with van der Waals surface area (Å²) in [5.74, 6) is -0.397. The average Bonchev–Trinajstić information content (AvgIpc) is 2.70. The Morgan fingerprint density at radius 3 is 2.62 bits per heavy atom. The van der Waals surface area contributed by atoms with Crippen LogP contribution in [0, 0.1) is 37.5 Å². The Morgan fingerprint density at radius 2 is 1.93 bits per heavy atom. The number of hydrogen-bond donors (Lipinski definition) is 3. The largest absolute Gasteiger partial charge is 0.398 e. The topological polar surface area (TPSA) is 129 Å². The van der Waals surface area contributed by atoms with Gasteiger partial charge in [0.15, 0.2) is 0 Å². The lowest BCUT2D eigenvalue weighted by Gasteiger charge is -2.12. The van der Waals surface area contributed by atoms with Crippen molar-refractivity contribution in [1.29, 1.82) is 10.7 Å². The second kappa shape index (κ2) is 7.90. The van der Waals surface area contributed by atoms with Crippen LogP contribution in [0.1, 0.15) is 44.1 Å². The van der Waals surface area contributed by atoms with E-state index in [-0.39, 0.29) is 11.4 Å². The number of pyridine rings is 2. The first-order valence-corrected chi connectivity index (χ1v) is 8.92. The molecule has 0 aliphatic heterocycles. The van der Waals surface area contributed by atoms with Gasteiger partial charge in [0.1, 0.15) is 11.8 Å². The summed E-state index contributed by atoms with van der Waals surface area (Å²) in [4.78, 5) is 21.2. The maximum atomic E-state index is 12.7. The zero-order valence-electron chi connectivity index (χ0n) is 16.4. The van der Waals surface area contributed by atoms with Crippen molar-refractivity contribution in [3.8, 4) is 6.07 Å². The van der Waals surface area contributed by atoms with Crippen molar-refractivity contribution < 1.29 is 4.79 Å². The average molecular weight is 384 g/mol. The van der Waals surface area contributed by atoms with Crippen LogP contribution in [0.15, 0.2) is 42.6 Å². The van der Waals surface area contributed by atoms with Gasteiger partial charge in [0.25, 0.3) is 5.91 Å². The summed E-state index contributed by atoms with van der Waals surface area (Å²) in [6.45, 7) is 5.39. The summed E-state index contributed by atoms with van der Waals surface area (Å²) in [6.07, 6.45) is 1.39. The minimum atomic E-state index is -0.397. The van der Waals surface area contributed by atoms with Crippen LogP contribution >= 0.6 is 0 Å². The molecule has 7 nitrogen and oxygen atoms in total. The monoisotopic (exact) mass is 384 g/mol. The summed E-state index contributed by atoms with van der Waals surface area (Å²) in [7, 11) is 0. The number of anilines is 2. The third-order valence-electron chi connectivity index (χ3n) is 4.70. The molecule has 7 heteroatoms. The SMILES string of the molecule is Cc1cccc(C(=N)c2cc(NC(=O)c3ncc(C#N)c(C)c3C)ccc2N)n1. The molecule has 0 spiro atoms. The highest BCUT2D eigenvalue weighted by Crippen LogP contribution is 2.22. The highest BCUT2D eigenvalue weighted by atomic mass is 16.1. The fourth-order valence-electron chi connectivity index (χ4n) is 2.91. The minimum absolute atomic E-state index is 0.172. The van der Waals surface area contributed by atoms with E-state index in [9.17, 15) is 4.79 Å². The van der Waals surface area contributed by atoms with Gasteiger partial charge in [-0.2, -0.15) is 5.26 Å². The Kier molecular flexibility index (Phi) is 5.37. The molecule has 0 aliphatic rings. The fourth-order valence-corrected chi connectivity index (χ4v) is 2.91. The molecule has 1 amide bonds. The van der Waals surface area contributed by atoms with E-state index in [2.05, 4.69) is 21.4 Å². The maximum absolute atomic E-state index is 12.7. The third kappa shape index (κ3) is 3.96. The van der Waals surface area contributed by atoms with Crippen molar-refractivity contribution >= 4 is 23.0 Å². The predicted octanol–water partition coefficient (Wildman–Crippen LogP) is 3.52. The molecule has 144 valence electrons. The van der Waals surface area contributed by atoms with Gasteiger partial charge in [-0.1, -0.05) is 6.07 Å². The van der Waals surface area contributed by atoms with Crippen molar-refractivity contribution in [1.82, 2.24) is 9.97 Å². The van der Waals surface area contributed by atoms with Crippen molar-refractivity contribution in [2.75, 3.05) is 11.1 Å². The number of rotatable bonds is 4. The van der Waals surface area contributed by atoms with Gasteiger partial charge in [-0.15, -0.1) is 0 Å². The number of carbonyl (C=O) groups is 1. The van der Waals surface area contributed by atoms with Crippen LogP contribution in [-0.2, 0) is 0 Å². The number of nitrogen functional groups attached to an aromatic ring is 1. The van der Waals surface area contributed by atoms with Crippen molar-refractivity contribution in [3.05, 3.63) is 81.9 Å². The molecule has 3 rings (SSSR count). The lowest BCUT2D eigenvalue weighted by Crippen LogP contribution is -2.17. The lowest BCUT2D eigenvalue weighted by molar-refractivity contribution is 0.102. The highest BCUT2D eigenvalue weighted by Gasteiger charge is 2.16. The van der Waals surface area contributed by atoms with E-state index in [1.54, 1.807) is 38.1 Å². The van der Waals surface area contributed by atoms with E-state index in [1.165, 1.54) is 6.20 Å². The predicted molar refractivity (Wildman–Crippen MR) is 112 cm³/mol. The van der Waals surface area contributed by atoms with Crippen LogP contribution in [0.3, 0.4) is 0 Å². The lowest BCUT2D eigenvalue weighted by atomic mass is 10.0. The molecule has 0 unspecified atom stereocenters. The Hall–Kier alpha value is -4.05. The molecule has 0 saturated carbocycles. The number of nitriles is 1. The van der Waals surface area contributed by atoms with Gasteiger partial charge in [-0.05, 0) is 62.2 Å². The van der Waals surface area contributed by atoms with Crippen LogP contribution in [0.4, 0.5) is 11.4 Å². The summed E-state index contributed by atoms with van der Waals surface area (Å²) in [5.41, 5.74) is 11.0. The molecule has 0 bridgehead atoms. The molecule has 4 N–H and O–H groups in total.